The number of pyridine rings is 1. The van der Waals surface area contributed by atoms with Crippen LogP contribution < -0.4 is 15.8 Å². The van der Waals surface area contributed by atoms with E-state index >= 15 is 0 Å². The van der Waals surface area contributed by atoms with E-state index in [2.05, 4.69) is 25.3 Å². The number of unbranched alkanes of at least 4 members (excludes halogenated alkanes) is 2. The van der Waals surface area contributed by atoms with Crippen LogP contribution in [0.2, 0.25) is 0 Å². The van der Waals surface area contributed by atoms with Crippen LogP contribution in [-0.2, 0) is 4.79 Å². The zero-order valence-corrected chi connectivity index (χ0v) is 19.6. The number of nitrogens with one attached hydrogen (secondary N) is 2. The molecule has 0 unspecified atom stereocenters. The molecule has 1 aromatic carbocycles. The molecule has 0 aliphatic heterocycles. The first-order valence-electron chi connectivity index (χ1n) is 11.0. The molecule has 0 fully saturated rings. The van der Waals surface area contributed by atoms with Gasteiger partial charge in [-0.05, 0) is 30.4 Å². The van der Waals surface area contributed by atoms with Crippen molar-refractivity contribution in [3.63, 3.8) is 0 Å². The molecule has 3 aromatic heterocycles. The summed E-state index contributed by atoms with van der Waals surface area (Å²) in [5.41, 5.74) is 8.62. The average Bonchev–Trinajstić information content (AvgIpc) is 3.55. The van der Waals surface area contributed by atoms with E-state index in [1.54, 1.807) is 31.2 Å². The number of rotatable bonds is 11. The highest BCUT2D eigenvalue weighted by Crippen LogP contribution is 2.29. The van der Waals surface area contributed by atoms with Gasteiger partial charge in [0, 0.05) is 23.6 Å². The minimum atomic E-state index is -0.311. The molecule has 4 N–H and O–H groups in total. The maximum atomic E-state index is 12.7. The number of nitrogens with two attached hydrogens (primary N) is 1. The maximum Gasteiger partial charge on any atom is 0.263 e. The van der Waals surface area contributed by atoms with Crippen molar-refractivity contribution >= 4 is 33.9 Å². The van der Waals surface area contributed by atoms with Gasteiger partial charge in [-0.2, -0.15) is 0 Å². The summed E-state index contributed by atoms with van der Waals surface area (Å²) in [6.07, 6.45) is 8.44. The lowest BCUT2D eigenvalue weighted by atomic mass is 10.1. The number of aromatic amines is 1. The molecule has 2 amide bonds. The number of ether oxygens (including phenoxy) is 1. The van der Waals surface area contributed by atoms with Crippen molar-refractivity contribution in [2.24, 2.45) is 5.73 Å². The Hall–Kier alpha value is -3.79. The molecule has 9 nitrogen and oxygen atoms in total. The van der Waals surface area contributed by atoms with E-state index in [1.165, 1.54) is 11.3 Å². The molecular weight excluding hydrogens is 452 g/mol. The predicted molar refractivity (Wildman–Crippen MR) is 130 cm³/mol. The van der Waals surface area contributed by atoms with E-state index in [-0.39, 0.29) is 17.9 Å². The van der Waals surface area contributed by atoms with Gasteiger partial charge in [0.15, 0.2) is 0 Å². The first-order valence-corrected chi connectivity index (χ1v) is 11.9. The normalized spacial score (nSPS) is 11.9. The number of thiazole rings is 1. The van der Waals surface area contributed by atoms with Crippen molar-refractivity contribution in [2.45, 2.75) is 38.1 Å². The van der Waals surface area contributed by atoms with E-state index < -0.39 is 0 Å². The first-order chi connectivity index (χ1) is 16.5. The van der Waals surface area contributed by atoms with Crippen LogP contribution in [-0.4, -0.2) is 38.9 Å². The summed E-state index contributed by atoms with van der Waals surface area (Å²) in [6.45, 7) is 0. The highest BCUT2D eigenvalue weighted by molar-refractivity contribution is 7.11. The van der Waals surface area contributed by atoms with Gasteiger partial charge >= 0.3 is 0 Å². The fourth-order valence-electron chi connectivity index (χ4n) is 3.79. The van der Waals surface area contributed by atoms with Crippen molar-refractivity contribution in [1.82, 2.24) is 25.3 Å². The van der Waals surface area contributed by atoms with Gasteiger partial charge in [-0.15, -0.1) is 11.3 Å². The largest absolute Gasteiger partial charge is 0.481 e. The molecule has 0 aliphatic rings. The second-order valence-corrected chi connectivity index (χ2v) is 8.78. The van der Waals surface area contributed by atoms with Crippen LogP contribution in [0.5, 0.6) is 5.88 Å². The number of imidazole rings is 1. The molecule has 0 saturated heterocycles. The van der Waals surface area contributed by atoms with Gasteiger partial charge in [0.1, 0.15) is 10.7 Å². The standard InChI is InChI=1S/C24H26N6O3S/c1-33-24-17-11-16(8-7-15(17)9-10-27-24)19-12-28-22(29-19)18(5-3-2-4-6-21(25)31)30-23(32)20-13-26-14-34-20/h7-14,18H,2-6H2,1H3,(H2,25,31)(H,28,29)(H,30,32)/t18-/m0/s1. The Labute approximate surface area is 200 Å². The predicted octanol–water partition coefficient (Wildman–Crippen LogP) is 4.00. The lowest BCUT2D eigenvalue weighted by Crippen LogP contribution is -2.28. The van der Waals surface area contributed by atoms with Crippen LogP contribution in [0.25, 0.3) is 22.0 Å². The van der Waals surface area contributed by atoms with Gasteiger partial charge in [-0.3, -0.25) is 14.6 Å². The van der Waals surface area contributed by atoms with Gasteiger partial charge < -0.3 is 20.8 Å². The summed E-state index contributed by atoms with van der Waals surface area (Å²) in [6, 6.07) is 7.65. The van der Waals surface area contributed by atoms with Crippen molar-refractivity contribution in [2.75, 3.05) is 7.11 Å². The fraction of sp³-hybridized carbons (Fsp3) is 0.292. The number of methoxy groups -OCH3 is 1. The second-order valence-electron chi connectivity index (χ2n) is 7.90. The number of hydrogen-bond donors (Lipinski definition) is 3. The molecule has 0 radical (unpaired) electrons. The molecule has 0 aliphatic carbocycles. The number of benzene rings is 1. The Bertz CT molecular complexity index is 1270. The number of nitrogens with zero attached hydrogens (tertiary/aromatic N) is 3. The lowest BCUT2D eigenvalue weighted by molar-refractivity contribution is -0.118. The Kier molecular flexibility index (Phi) is 7.48. The number of carbonyl (C=O) groups is 2. The monoisotopic (exact) mass is 478 g/mol. The highest BCUT2D eigenvalue weighted by atomic mass is 32.1. The van der Waals surface area contributed by atoms with E-state index in [0.29, 0.717) is 29.4 Å². The van der Waals surface area contributed by atoms with Crippen LogP contribution in [0, 0.1) is 0 Å². The van der Waals surface area contributed by atoms with Crippen molar-refractivity contribution in [3.8, 4) is 17.1 Å². The molecule has 0 spiro atoms. The number of carbonyl (C=O) groups excluding carboxylic acids is 2. The lowest BCUT2D eigenvalue weighted by Gasteiger charge is -2.16. The van der Waals surface area contributed by atoms with Crippen molar-refractivity contribution in [3.05, 3.63) is 59.1 Å². The van der Waals surface area contributed by atoms with Crippen LogP contribution in [0.3, 0.4) is 0 Å². The van der Waals surface area contributed by atoms with Gasteiger partial charge in [-0.25, -0.2) is 9.97 Å². The Morgan fingerprint density at radius 1 is 1.18 bits per heavy atom. The highest BCUT2D eigenvalue weighted by Gasteiger charge is 2.20. The molecule has 176 valence electrons. The zero-order valence-electron chi connectivity index (χ0n) is 18.8. The minimum Gasteiger partial charge on any atom is -0.481 e. The molecule has 4 aromatic rings. The number of amides is 2. The van der Waals surface area contributed by atoms with Crippen LogP contribution in [0.4, 0.5) is 0 Å². The molecule has 1 atom stereocenters. The quantitative estimate of drug-likeness (QED) is 0.279. The van der Waals surface area contributed by atoms with Gasteiger partial charge in [0.25, 0.3) is 5.91 Å². The minimum absolute atomic E-state index is 0.191. The molecule has 3 heterocycles. The number of hydrogen-bond acceptors (Lipinski definition) is 7. The van der Waals surface area contributed by atoms with E-state index in [9.17, 15) is 9.59 Å². The van der Waals surface area contributed by atoms with E-state index in [0.717, 1.165) is 41.3 Å². The third-order valence-corrected chi connectivity index (χ3v) is 6.31. The van der Waals surface area contributed by atoms with Crippen molar-refractivity contribution < 1.29 is 14.3 Å². The summed E-state index contributed by atoms with van der Waals surface area (Å²) in [5, 5.41) is 5.00. The number of fused-ring (bicyclic) bond motifs is 1. The summed E-state index contributed by atoms with van der Waals surface area (Å²) in [4.78, 5) is 40.4. The second kappa shape index (κ2) is 10.9. The van der Waals surface area contributed by atoms with Gasteiger partial charge in [-0.1, -0.05) is 25.0 Å². The number of aromatic nitrogens is 4. The molecule has 10 heteroatoms. The third-order valence-electron chi connectivity index (χ3n) is 5.54. The fourth-order valence-corrected chi connectivity index (χ4v) is 4.31. The number of H-pyrrole nitrogens is 1. The molecule has 4 rings (SSSR count). The molecular formula is C24H26N6O3S. The molecule has 0 bridgehead atoms. The van der Waals surface area contributed by atoms with Crippen LogP contribution >= 0.6 is 11.3 Å². The maximum absolute atomic E-state index is 12.7. The summed E-state index contributed by atoms with van der Waals surface area (Å²) in [7, 11) is 1.60. The summed E-state index contributed by atoms with van der Waals surface area (Å²) >= 11 is 1.29. The average molecular weight is 479 g/mol. The van der Waals surface area contributed by atoms with Crippen LogP contribution in [0.1, 0.15) is 53.6 Å². The Morgan fingerprint density at radius 2 is 2.06 bits per heavy atom. The molecule has 34 heavy (non-hydrogen) atoms. The number of primary amides is 1. The van der Waals surface area contributed by atoms with E-state index in [4.69, 9.17) is 10.5 Å². The SMILES string of the molecule is COc1nccc2ccc(-c3cnc([C@H](CCCCCC(N)=O)NC(=O)c4cncs4)[nH]3)cc12. The van der Waals surface area contributed by atoms with Gasteiger partial charge in [0.2, 0.25) is 11.8 Å². The van der Waals surface area contributed by atoms with E-state index in [1.807, 2.05) is 24.3 Å². The zero-order chi connectivity index (χ0) is 23.9. The topological polar surface area (TPSA) is 136 Å². The van der Waals surface area contributed by atoms with Crippen molar-refractivity contribution in [1.29, 1.82) is 0 Å². The Balaban J connectivity index is 1.54. The molecule has 0 saturated carbocycles. The van der Waals surface area contributed by atoms with Gasteiger partial charge in [0.05, 0.1) is 36.7 Å². The van der Waals surface area contributed by atoms with Crippen LogP contribution in [0.15, 0.2) is 48.4 Å². The summed E-state index contributed by atoms with van der Waals surface area (Å²) < 4.78 is 5.40. The first kappa shape index (κ1) is 23.4. The third kappa shape index (κ3) is 5.57. The Morgan fingerprint density at radius 3 is 2.82 bits per heavy atom. The summed E-state index contributed by atoms with van der Waals surface area (Å²) in [5.74, 6) is 0.739. The smallest absolute Gasteiger partial charge is 0.263 e.